The van der Waals surface area contributed by atoms with Crippen LogP contribution in [-0.2, 0) is 24.3 Å². The normalized spacial score (nSPS) is 13.0. The number of hydrogen-bond donors (Lipinski definition) is 0. The van der Waals surface area contributed by atoms with Gasteiger partial charge in [-0.05, 0) is 48.5 Å². The van der Waals surface area contributed by atoms with Crippen molar-refractivity contribution in [2.45, 2.75) is 19.5 Å². The highest BCUT2D eigenvalue weighted by atomic mass is 19.1. The molecular weight excluding hydrogens is 442 g/mol. The van der Waals surface area contributed by atoms with E-state index in [4.69, 9.17) is 4.74 Å². The lowest BCUT2D eigenvalue weighted by Gasteiger charge is -2.28. The zero-order valence-corrected chi connectivity index (χ0v) is 18.3. The Bertz CT molecular complexity index is 1340. The summed E-state index contributed by atoms with van der Waals surface area (Å²) in [4.78, 5) is 28.0. The van der Waals surface area contributed by atoms with Crippen LogP contribution in [0.4, 0.5) is 8.78 Å². The molecule has 2 aromatic carbocycles. The van der Waals surface area contributed by atoms with E-state index in [1.54, 1.807) is 35.4 Å². The first-order valence-electron chi connectivity index (χ1n) is 10.6. The number of rotatable bonds is 5. The Morgan fingerprint density at radius 1 is 1.00 bits per heavy atom. The summed E-state index contributed by atoms with van der Waals surface area (Å²) in [6, 6.07) is 11.9. The number of amides is 1. The molecular formula is C24H20F2N6O2. The Kier molecular flexibility index (Phi) is 5.70. The van der Waals surface area contributed by atoms with E-state index in [1.807, 2.05) is 0 Å². The third-order valence-corrected chi connectivity index (χ3v) is 5.61. The van der Waals surface area contributed by atoms with E-state index < -0.39 is 0 Å². The summed E-state index contributed by atoms with van der Waals surface area (Å²) < 4.78 is 33.4. The average molecular weight is 462 g/mol. The molecule has 0 bridgehead atoms. The third-order valence-electron chi connectivity index (χ3n) is 5.61. The van der Waals surface area contributed by atoms with Gasteiger partial charge in [0, 0.05) is 42.4 Å². The van der Waals surface area contributed by atoms with Crippen LogP contribution in [0.1, 0.15) is 11.3 Å². The summed E-state index contributed by atoms with van der Waals surface area (Å²) in [6.45, 7) is 0.814. The summed E-state index contributed by atoms with van der Waals surface area (Å²) >= 11 is 0. The molecule has 0 spiro atoms. The Labute approximate surface area is 193 Å². The monoisotopic (exact) mass is 462 g/mol. The van der Waals surface area contributed by atoms with Gasteiger partial charge < -0.3 is 9.64 Å². The number of nitrogens with zero attached hydrogens (tertiary/aromatic N) is 6. The zero-order valence-electron chi connectivity index (χ0n) is 18.3. The molecule has 0 saturated carbocycles. The summed E-state index contributed by atoms with van der Waals surface area (Å²) in [7, 11) is 1.51. The van der Waals surface area contributed by atoms with E-state index in [0.717, 1.165) is 11.3 Å². The molecule has 0 unspecified atom stereocenters. The standard InChI is InChI=1S/C24H20F2N6O2/c1-34-24-27-12-17-13-31(11-10-20(17)28-24)21(33)14-32-23(16-4-8-19(26)9-5-16)29-22(30-32)15-2-6-18(25)7-3-15/h2-9,12H,10-11,13-14H2,1H3. The quantitative estimate of drug-likeness (QED) is 0.453. The van der Waals surface area contributed by atoms with Gasteiger partial charge in [0.25, 0.3) is 0 Å². The van der Waals surface area contributed by atoms with Crippen molar-refractivity contribution in [1.82, 2.24) is 29.6 Å². The smallest absolute Gasteiger partial charge is 0.316 e. The Balaban J connectivity index is 1.43. The van der Waals surface area contributed by atoms with Crippen molar-refractivity contribution < 1.29 is 18.3 Å². The van der Waals surface area contributed by atoms with Crippen LogP contribution in [0.5, 0.6) is 6.01 Å². The molecule has 0 atom stereocenters. The van der Waals surface area contributed by atoms with Gasteiger partial charge in [0.15, 0.2) is 11.6 Å². The number of ether oxygens (including phenoxy) is 1. The Morgan fingerprint density at radius 2 is 1.68 bits per heavy atom. The predicted octanol–water partition coefficient (Wildman–Crippen LogP) is 3.27. The second-order valence-electron chi connectivity index (χ2n) is 7.82. The number of carbonyl (C=O) groups is 1. The molecule has 8 nitrogen and oxygen atoms in total. The van der Waals surface area contributed by atoms with E-state index in [0.29, 0.717) is 48.3 Å². The van der Waals surface area contributed by atoms with E-state index in [9.17, 15) is 13.6 Å². The maximum absolute atomic E-state index is 13.5. The maximum Gasteiger partial charge on any atom is 0.316 e. The molecule has 0 saturated heterocycles. The van der Waals surface area contributed by atoms with E-state index in [-0.39, 0.29) is 24.1 Å². The van der Waals surface area contributed by atoms with Gasteiger partial charge in [-0.15, -0.1) is 5.10 Å². The van der Waals surface area contributed by atoms with Crippen molar-refractivity contribution in [2.75, 3.05) is 13.7 Å². The molecule has 172 valence electrons. The van der Waals surface area contributed by atoms with Gasteiger partial charge in [0.2, 0.25) is 5.91 Å². The number of methoxy groups -OCH3 is 1. The number of benzene rings is 2. The van der Waals surface area contributed by atoms with Gasteiger partial charge >= 0.3 is 6.01 Å². The largest absolute Gasteiger partial charge is 0.467 e. The van der Waals surface area contributed by atoms with Crippen LogP contribution in [0.15, 0.2) is 54.7 Å². The average Bonchev–Trinajstić information content (AvgIpc) is 3.27. The van der Waals surface area contributed by atoms with Crippen LogP contribution in [0.2, 0.25) is 0 Å². The minimum atomic E-state index is -0.379. The lowest BCUT2D eigenvalue weighted by Crippen LogP contribution is -2.38. The van der Waals surface area contributed by atoms with E-state index >= 15 is 0 Å². The molecule has 0 radical (unpaired) electrons. The molecule has 5 rings (SSSR count). The molecule has 4 aromatic rings. The van der Waals surface area contributed by atoms with Gasteiger partial charge in [-0.1, -0.05) is 0 Å². The SMILES string of the molecule is COc1ncc2c(n1)CCN(C(=O)Cn1nc(-c3ccc(F)cc3)nc1-c1ccc(F)cc1)C2. The summed E-state index contributed by atoms with van der Waals surface area (Å²) in [6.07, 6.45) is 2.26. The lowest BCUT2D eigenvalue weighted by molar-refractivity contribution is -0.133. The van der Waals surface area contributed by atoms with Gasteiger partial charge in [0.05, 0.1) is 12.8 Å². The number of hydrogen-bond acceptors (Lipinski definition) is 6. The third kappa shape index (κ3) is 4.34. The fourth-order valence-electron chi connectivity index (χ4n) is 3.82. The predicted molar refractivity (Wildman–Crippen MR) is 119 cm³/mol. The molecule has 0 fully saturated rings. The highest BCUT2D eigenvalue weighted by Crippen LogP contribution is 2.24. The van der Waals surface area contributed by atoms with Crippen molar-refractivity contribution in [3.63, 3.8) is 0 Å². The lowest BCUT2D eigenvalue weighted by atomic mass is 10.1. The molecule has 0 N–H and O–H groups in total. The fourth-order valence-corrected chi connectivity index (χ4v) is 3.82. The van der Waals surface area contributed by atoms with Crippen LogP contribution < -0.4 is 4.74 Å². The van der Waals surface area contributed by atoms with Crippen molar-refractivity contribution in [3.05, 3.63) is 77.6 Å². The molecule has 2 aromatic heterocycles. The highest BCUT2D eigenvalue weighted by Gasteiger charge is 2.24. The van der Waals surface area contributed by atoms with Gasteiger partial charge in [0.1, 0.15) is 18.2 Å². The van der Waals surface area contributed by atoms with Gasteiger partial charge in [-0.3, -0.25) is 4.79 Å². The van der Waals surface area contributed by atoms with Crippen molar-refractivity contribution in [2.24, 2.45) is 0 Å². The Morgan fingerprint density at radius 3 is 2.35 bits per heavy atom. The van der Waals surface area contributed by atoms with E-state index in [1.165, 1.54) is 36.1 Å². The summed E-state index contributed by atoms with van der Waals surface area (Å²) in [5.41, 5.74) is 2.94. The number of halogens is 2. The Hall–Kier alpha value is -4.21. The van der Waals surface area contributed by atoms with Crippen LogP contribution in [0.25, 0.3) is 22.8 Å². The van der Waals surface area contributed by atoms with E-state index in [2.05, 4.69) is 20.1 Å². The van der Waals surface area contributed by atoms with Crippen molar-refractivity contribution in [1.29, 1.82) is 0 Å². The number of carbonyl (C=O) groups excluding carboxylic acids is 1. The number of aromatic nitrogens is 5. The van der Waals surface area contributed by atoms with Crippen molar-refractivity contribution in [3.8, 4) is 28.8 Å². The second-order valence-corrected chi connectivity index (χ2v) is 7.82. The first-order chi connectivity index (χ1) is 16.5. The number of fused-ring (bicyclic) bond motifs is 1. The maximum atomic E-state index is 13.5. The van der Waals surface area contributed by atoms with Gasteiger partial charge in [-0.2, -0.15) is 4.98 Å². The molecule has 1 amide bonds. The topological polar surface area (TPSA) is 86.0 Å². The fraction of sp³-hybridized carbons (Fsp3) is 0.208. The molecule has 34 heavy (non-hydrogen) atoms. The minimum absolute atomic E-state index is 0.0623. The highest BCUT2D eigenvalue weighted by molar-refractivity contribution is 5.77. The van der Waals surface area contributed by atoms with Crippen LogP contribution >= 0.6 is 0 Å². The molecule has 1 aliphatic heterocycles. The first-order valence-corrected chi connectivity index (χ1v) is 10.6. The molecule has 1 aliphatic rings. The summed E-state index contributed by atoms with van der Waals surface area (Å²) in [5.74, 6) is -0.144. The van der Waals surface area contributed by atoms with Crippen LogP contribution in [0.3, 0.4) is 0 Å². The minimum Gasteiger partial charge on any atom is -0.467 e. The second kappa shape index (κ2) is 8.97. The first kappa shape index (κ1) is 21.6. The molecule has 0 aliphatic carbocycles. The van der Waals surface area contributed by atoms with Crippen LogP contribution in [0, 0.1) is 11.6 Å². The van der Waals surface area contributed by atoms with Gasteiger partial charge in [-0.25, -0.2) is 23.4 Å². The van der Waals surface area contributed by atoms with Crippen LogP contribution in [-0.4, -0.2) is 49.2 Å². The molecule has 10 heteroatoms. The summed E-state index contributed by atoms with van der Waals surface area (Å²) in [5, 5.41) is 4.51. The zero-order chi connectivity index (χ0) is 23.7. The molecule has 3 heterocycles. The van der Waals surface area contributed by atoms with Crippen molar-refractivity contribution >= 4 is 5.91 Å².